The Balaban J connectivity index is 1.77. The average Bonchev–Trinajstić information content (AvgIpc) is 3.10. The fourth-order valence-corrected chi connectivity index (χ4v) is 5.22. The van der Waals surface area contributed by atoms with Crippen LogP contribution in [0.3, 0.4) is 0 Å². The van der Waals surface area contributed by atoms with Crippen LogP contribution < -0.4 is 0 Å². The number of thiophene rings is 1. The molecule has 0 atom stereocenters. The van der Waals surface area contributed by atoms with Crippen molar-refractivity contribution in [3.63, 3.8) is 0 Å². The van der Waals surface area contributed by atoms with Gasteiger partial charge in [0.15, 0.2) is 0 Å². The largest absolute Gasteiger partial charge is 0.339 e. The molecule has 0 bridgehead atoms. The quantitative estimate of drug-likeness (QED) is 0.617. The Morgan fingerprint density at radius 1 is 1.08 bits per heavy atom. The van der Waals surface area contributed by atoms with E-state index < -0.39 is 0 Å². The lowest BCUT2D eigenvalue weighted by atomic mass is 9.99. The van der Waals surface area contributed by atoms with E-state index in [9.17, 15) is 0 Å². The van der Waals surface area contributed by atoms with E-state index in [0.29, 0.717) is 0 Å². The summed E-state index contributed by atoms with van der Waals surface area (Å²) < 4.78 is 2.61. The van der Waals surface area contributed by atoms with E-state index in [0.717, 1.165) is 26.1 Å². The minimum absolute atomic E-state index is 1.02. The summed E-state index contributed by atoms with van der Waals surface area (Å²) in [6, 6.07) is 9.27. The summed E-state index contributed by atoms with van der Waals surface area (Å²) in [5, 5.41) is 1.48. The molecule has 0 saturated heterocycles. The molecule has 24 heavy (non-hydrogen) atoms. The number of benzene rings is 1. The summed E-state index contributed by atoms with van der Waals surface area (Å²) in [4.78, 5) is 5.26. The molecular weight excluding hydrogens is 312 g/mol. The molecule has 4 heterocycles. The number of aromatic nitrogens is 1. The molecule has 2 aromatic heterocycles. The van der Waals surface area contributed by atoms with Gasteiger partial charge in [-0.05, 0) is 73.5 Å². The molecule has 1 aromatic carbocycles. The SMILES string of the molecule is Cc1cc2c3c(c1)c1c(n3CC(c3ccc(C)s3)=C2)CCN(C)C1. The van der Waals surface area contributed by atoms with Crippen molar-refractivity contribution in [2.45, 2.75) is 33.4 Å². The zero-order valence-corrected chi connectivity index (χ0v) is 15.3. The van der Waals surface area contributed by atoms with Crippen molar-refractivity contribution in [1.82, 2.24) is 9.47 Å². The van der Waals surface area contributed by atoms with Crippen LogP contribution in [-0.4, -0.2) is 23.1 Å². The van der Waals surface area contributed by atoms with Gasteiger partial charge in [0.2, 0.25) is 0 Å². The molecule has 0 saturated carbocycles. The van der Waals surface area contributed by atoms with Gasteiger partial charge in [-0.15, -0.1) is 11.3 Å². The second kappa shape index (κ2) is 5.08. The van der Waals surface area contributed by atoms with Crippen LogP contribution in [0, 0.1) is 13.8 Å². The molecule has 2 aliphatic heterocycles. The summed E-state index contributed by atoms with van der Waals surface area (Å²) in [7, 11) is 2.24. The zero-order valence-electron chi connectivity index (χ0n) is 14.5. The van der Waals surface area contributed by atoms with Gasteiger partial charge < -0.3 is 9.47 Å². The molecule has 0 unspecified atom stereocenters. The Morgan fingerprint density at radius 3 is 2.75 bits per heavy atom. The van der Waals surface area contributed by atoms with Crippen LogP contribution in [0.4, 0.5) is 0 Å². The van der Waals surface area contributed by atoms with Crippen molar-refractivity contribution >= 4 is 33.9 Å². The van der Waals surface area contributed by atoms with Crippen molar-refractivity contribution in [3.8, 4) is 0 Å². The molecule has 0 aliphatic carbocycles. The van der Waals surface area contributed by atoms with Gasteiger partial charge in [0.05, 0.1) is 5.52 Å². The van der Waals surface area contributed by atoms with Crippen molar-refractivity contribution in [2.24, 2.45) is 0 Å². The van der Waals surface area contributed by atoms with Gasteiger partial charge in [0, 0.05) is 46.9 Å². The van der Waals surface area contributed by atoms with Crippen molar-refractivity contribution < 1.29 is 0 Å². The summed E-state index contributed by atoms with van der Waals surface area (Å²) >= 11 is 1.91. The predicted octanol–water partition coefficient (Wildman–Crippen LogP) is 4.86. The van der Waals surface area contributed by atoms with Crippen LogP contribution in [0.15, 0.2) is 24.3 Å². The Kier molecular flexibility index (Phi) is 3.07. The van der Waals surface area contributed by atoms with E-state index in [1.165, 1.54) is 37.4 Å². The van der Waals surface area contributed by atoms with E-state index in [2.05, 4.69) is 60.7 Å². The second-order valence-corrected chi connectivity index (χ2v) is 8.62. The highest BCUT2D eigenvalue weighted by Gasteiger charge is 2.26. The molecule has 0 fully saturated rings. The van der Waals surface area contributed by atoms with E-state index in [-0.39, 0.29) is 0 Å². The highest BCUT2D eigenvalue weighted by molar-refractivity contribution is 7.13. The number of hydrogen-bond donors (Lipinski definition) is 0. The van der Waals surface area contributed by atoms with Gasteiger partial charge in [0.1, 0.15) is 0 Å². The molecule has 0 N–H and O–H groups in total. The molecule has 3 heteroatoms. The third-order valence-electron chi connectivity index (χ3n) is 5.43. The summed E-state index contributed by atoms with van der Waals surface area (Å²) in [6.07, 6.45) is 3.59. The van der Waals surface area contributed by atoms with Crippen LogP contribution in [0.25, 0.3) is 22.6 Å². The van der Waals surface area contributed by atoms with Gasteiger partial charge in [-0.2, -0.15) is 0 Å². The standard InChI is InChI=1S/C21H22N2S/c1-13-8-15-10-16(20-5-4-14(2)24-20)11-23-19-6-7-22(3)12-18(19)17(9-13)21(15)23/h4-5,8-10H,6-7,11-12H2,1-3H3. The van der Waals surface area contributed by atoms with Gasteiger partial charge >= 0.3 is 0 Å². The molecule has 2 aliphatic rings. The highest BCUT2D eigenvalue weighted by Crippen LogP contribution is 2.40. The average molecular weight is 334 g/mol. The number of aryl methyl sites for hydroxylation is 2. The molecule has 5 rings (SSSR count). The maximum Gasteiger partial charge on any atom is 0.0562 e. The van der Waals surface area contributed by atoms with Gasteiger partial charge in [0.25, 0.3) is 0 Å². The number of hydrogen-bond acceptors (Lipinski definition) is 2. The Bertz CT molecular complexity index is 1000. The third kappa shape index (κ3) is 2.04. The van der Waals surface area contributed by atoms with E-state index in [1.807, 2.05) is 11.3 Å². The normalized spacial score (nSPS) is 17.2. The molecule has 122 valence electrons. The van der Waals surface area contributed by atoms with Crippen LogP contribution in [-0.2, 0) is 19.5 Å². The monoisotopic (exact) mass is 334 g/mol. The Hall–Kier alpha value is -1.84. The van der Waals surface area contributed by atoms with E-state index >= 15 is 0 Å². The summed E-state index contributed by atoms with van der Waals surface area (Å²) in [5.74, 6) is 0. The summed E-state index contributed by atoms with van der Waals surface area (Å²) in [6.45, 7) is 7.68. The maximum atomic E-state index is 2.61. The highest BCUT2D eigenvalue weighted by atomic mass is 32.1. The van der Waals surface area contributed by atoms with E-state index in [1.54, 1.807) is 11.3 Å². The summed E-state index contributed by atoms with van der Waals surface area (Å²) in [5.41, 5.74) is 8.80. The van der Waals surface area contributed by atoms with Crippen LogP contribution >= 0.6 is 11.3 Å². The van der Waals surface area contributed by atoms with Crippen LogP contribution in [0.1, 0.15) is 32.1 Å². The van der Waals surface area contributed by atoms with Crippen molar-refractivity contribution in [3.05, 3.63) is 56.4 Å². The first-order valence-electron chi connectivity index (χ1n) is 8.70. The third-order valence-corrected chi connectivity index (χ3v) is 6.50. The first kappa shape index (κ1) is 14.5. The molecular formula is C21H22N2S. The maximum absolute atomic E-state index is 2.61. The lowest BCUT2D eigenvalue weighted by Crippen LogP contribution is -2.27. The topological polar surface area (TPSA) is 8.17 Å². The smallest absolute Gasteiger partial charge is 0.0562 e. The molecule has 0 amide bonds. The minimum atomic E-state index is 1.02. The Labute approximate surface area is 147 Å². The lowest BCUT2D eigenvalue weighted by Gasteiger charge is -2.25. The Morgan fingerprint density at radius 2 is 1.96 bits per heavy atom. The van der Waals surface area contributed by atoms with Crippen molar-refractivity contribution in [2.75, 3.05) is 13.6 Å². The van der Waals surface area contributed by atoms with Gasteiger partial charge in [-0.3, -0.25) is 0 Å². The van der Waals surface area contributed by atoms with Gasteiger partial charge in [-0.25, -0.2) is 0 Å². The lowest BCUT2D eigenvalue weighted by molar-refractivity contribution is 0.310. The first-order chi connectivity index (χ1) is 11.6. The number of rotatable bonds is 1. The number of allylic oxidation sites excluding steroid dienone is 1. The predicted molar refractivity (Wildman–Crippen MR) is 104 cm³/mol. The van der Waals surface area contributed by atoms with Crippen LogP contribution in [0.2, 0.25) is 0 Å². The first-order valence-corrected chi connectivity index (χ1v) is 9.52. The zero-order chi connectivity index (χ0) is 16.4. The van der Waals surface area contributed by atoms with E-state index in [4.69, 9.17) is 0 Å². The van der Waals surface area contributed by atoms with Crippen molar-refractivity contribution in [1.29, 1.82) is 0 Å². The second-order valence-electron chi connectivity index (χ2n) is 7.33. The fourth-order valence-electron chi connectivity index (χ4n) is 4.34. The molecule has 2 nitrogen and oxygen atoms in total. The number of likely N-dealkylation sites (N-methyl/N-ethyl adjacent to an activating group) is 1. The fraction of sp³-hybridized carbons (Fsp3) is 0.333. The van der Waals surface area contributed by atoms with Crippen LogP contribution in [0.5, 0.6) is 0 Å². The minimum Gasteiger partial charge on any atom is -0.339 e. The van der Waals surface area contributed by atoms with Gasteiger partial charge in [-0.1, -0.05) is 0 Å². The molecule has 3 aromatic rings. The number of fused-ring (bicyclic) bond motifs is 3. The number of nitrogens with zero attached hydrogens (tertiary/aromatic N) is 2. The molecule has 0 spiro atoms. The molecule has 0 radical (unpaired) electrons.